The average molecular weight is 267 g/mol. The summed E-state index contributed by atoms with van der Waals surface area (Å²) in [5, 5.41) is 8.89. The monoisotopic (exact) mass is 267 g/mol. The Kier molecular flexibility index (Phi) is 5.55. The van der Waals surface area contributed by atoms with E-state index in [0.717, 1.165) is 25.7 Å². The number of phosphoric ester groups is 1. The van der Waals surface area contributed by atoms with Crippen molar-refractivity contribution in [3.8, 4) is 0 Å². The van der Waals surface area contributed by atoms with Crippen molar-refractivity contribution < 1.29 is 28.8 Å². The second-order valence-electron chi connectivity index (χ2n) is 4.01. The van der Waals surface area contributed by atoms with Crippen LogP contribution in [-0.4, -0.2) is 51.5 Å². The van der Waals surface area contributed by atoms with Crippen molar-refractivity contribution in [3.05, 3.63) is 0 Å². The van der Waals surface area contributed by atoms with E-state index in [1.165, 1.54) is 4.90 Å². The number of hydrogen-bond acceptors (Lipinski definition) is 4. The Bertz CT molecular complexity index is 298. The Morgan fingerprint density at radius 1 is 1.35 bits per heavy atom. The number of phosphoric acid groups is 1. The van der Waals surface area contributed by atoms with Crippen molar-refractivity contribution in [2.45, 2.75) is 31.7 Å². The highest BCUT2D eigenvalue weighted by Gasteiger charge is 2.27. The van der Waals surface area contributed by atoms with Gasteiger partial charge in [0, 0.05) is 12.6 Å². The molecule has 0 aromatic rings. The normalized spacial score (nSPS) is 17.4. The first-order valence-electron chi connectivity index (χ1n) is 5.54. The van der Waals surface area contributed by atoms with Crippen LogP contribution in [0.15, 0.2) is 0 Å². The van der Waals surface area contributed by atoms with Gasteiger partial charge in [-0.1, -0.05) is 12.8 Å². The van der Waals surface area contributed by atoms with Crippen molar-refractivity contribution in [2.75, 3.05) is 19.8 Å². The lowest BCUT2D eigenvalue weighted by Gasteiger charge is -2.28. The lowest BCUT2D eigenvalue weighted by molar-refractivity contribution is -0.136. The van der Waals surface area contributed by atoms with Crippen molar-refractivity contribution >= 4 is 13.7 Å². The van der Waals surface area contributed by atoms with Gasteiger partial charge in [0.25, 0.3) is 0 Å². The zero-order valence-corrected chi connectivity index (χ0v) is 10.4. The quantitative estimate of drug-likeness (QED) is 0.578. The van der Waals surface area contributed by atoms with Crippen LogP contribution < -0.4 is 0 Å². The molecular formula is C9H18NO6P. The number of carbonyl (C=O) groups excluding carboxylic acids is 1. The highest BCUT2D eigenvalue weighted by Crippen LogP contribution is 2.35. The van der Waals surface area contributed by atoms with Gasteiger partial charge in [-0.2, -0.15) is 0 Å². The molecule has 0 aliphatic heterocycles. The molecule has 0 spiro atoms. The van der Waals surface area contributed by atoms with Crippen LogP contribution >= 0.6 is 7.82 Å². The fraction of sp³-hybridized carbons (Fsp3) is 0.889. The number of rotatable bonds is 6. The minimum Gasteiger partial charge on any atom is -0.395 e. The molecule has 1 rings (SSSR count). The molecule has 0 bridgehead atoms. The molecule has 0 atom stereocenters. The van der Waals surface area contributed by atoms with Gasteiger partial charge in [0.15, 0.2) is 0 Å². The topological polar surface area (TPSA) is 107 Å². The minimum atomic E-state index is -4.62. The molecule has 17 heavy (non-hydrogen) atoms. The van der Waals surface area contributed by atoms with Gasteiger partial charge in [-0.25, -0.2) is 4.57 Å². The standard InChI is InChI=1S/C9H18NO6P/c11-6-5-10(8-3-1-2-4-8)9(12)7-16-17(13,14)15/h8,11H,1-7H2,(H2,13,14,15). The molecule has 0 aromatic carbocycles. The largest absolute Gasteiger partial charge is 0.470 e. The molecular weight excluding hydrogens is 249 g/mol. The SMILES string of the molecule is O=C(COP(=O)(O)O)N(CCO)C1CCCC1. The highest BCUT2D eigenvalue weighted by atomic mass is 31.2. The van der Waals surface area contributed by atoms with Gasteiger partial charge in [0.2, 0.25) is 5.91 Å². The first-order chi connectivity index (χ1) is 7.94. The van der Waals surface area contributed by atoms with Crippen LogP contribution in [0, 0.1) is 0 Å². The van der Waals surface area contributed by atoms with E-state index in [4.69, 9.17) is 14.9 Å². The average Bonchev–Trinajstić information content (AvgIpc) is 2.74. The van der Waals surface area contributed by atoms with E-state index in [0.29, 0.717) is 0 Å². The van der Waals surface area contributed by atoms with Crippen LogP contribution in [0.3, 0.4) is 0 Å². The second kappa shape index (κ2) is 6.47. The first kappa shape index (κ1) is 14.6. The maximum Gasteiger partial charge on any atom is 0.470 e. The molecule has 0 saturated heterocycles. The minimum absolute atomic E-state index is 0.0509. The summed E-state index contributed by atoms with van der Waals surface area (Å²) in [5.74, 6) is -0.491. The zero-order chi connectivity index (χ0) is 12.9. The third-order valence-corrected chi connectivity index (χ3v) is 3.25. The van der Waals surface area contributed by atoms with Gasteiger partial charge in [0.05, 0.1) is 6.61 Å². The Labute approximate surface area is 99.6 Å². The van der Waals surface area contributed by atoms with Gasteiger partial charge in [-0.15, -0.1) is 0 Å². The predicted molar refractivity (Wildman–Crippen MR) is 59.1 cm³/mol. The van der Waals surface area contributed by atoms with Gasteiger partial charge < -0.3 is 19.8 Å². The maximum atomic E-state index is 11.7. The van der Waals surface area contributed by atoms with Gasteiger partial charge in [-0.3, -0.25) is 9.32 Å². The summed E-state index contributed by atoms with van der Waals surface area (Å²) in [6, 6.07) is 0.0509. The van der Waals surface area contributed by atoms with E-state index in [9.17, 15) is 9.36 Å². The first-order valence-corrected chi connectivity index (χ1v) is 7.07. The molecule has 1 fully saturated rings. The fourth-order valence-electron chi connectivity index (χ4n) is 2.06. The molecule has 1 saturated carbocycles. The van der Waals surface area contributed by atoms with Crippen molar-refractivity contribution in [1.82, 2.24) is 4.90 Å². The highest BCUT2D eigenvalue weighted by molar-refractivity contribution is 7.46. The lowest BCUT2D eigenvalue weighted by atomic mass is 10.2. The molecule has 1 aliphatic rings. The summed E-state index contributed by atoms with van der Waals surface area (Å²) in [6.07, 6.45) is 3.78. The molecule has 1 aliphatic carbocycles. The van der Waals surface area contributed by atoms with Gasteiger partial charge in [0.1, 0.15) is 6.61 Å². The molecule has 7 nitrogen and oxygen atoms in total. The molecule has 0 heterocycles. The van der Waals surface area contributed by atoms with Crippen molar-refractivity contribution in [1.29, 1.82) is 0 Å². The van der Waals surface area contributed by atoms with E-state index in [-0.39, 0.29) is 19.2 Å². The van der Waals surface area contributed by atoms with Crippen LogP contribution in [0.2, 0.25) is 0 Å². The summed E-state index contributed by atoms with van der Waals surface area (Å²) in [7, 11) is -4.62. The fourth-order valence-corrected chi connectivity index (χ4v) is 2.34. The van der Waals surface area contributed by atoms with Gasteiger partial charge >= 0.3 is 7.82 Å². The summed E-state index contributed by atoms with van der Waals surface area (Å²) in [4.78, 5) is 30.2. The Hall–Kier alpha value is -0.460. The van der Waals surface area contributed by atoms with Crippen LogP contribution in [-0.2, 0) is 13.9 Å². The molecule has 8 heteroatoms. The third-order valence-electron chi connectivity index (χ3n) is 2.78. The Morgan fingerprint density at radius 2 is 1.94 bits per heavy atom. The summed E-state index contributed by atoms with van der Waals surface area (Å²) in [5.41, 5.74) is 0. The summed E-state index contributed by atoms with van der Waals surface area (Å²) in [6.45, 7) is -0.646. The van der Waals surface area contributed by atoms with E-state index >= 15 is 0 Å². The third kappa shape index (κ3) is 5.14. The van der Waals surface area contributed by atoms with E-state index in [1.54, 1.807) is 0 Å². The van der Waals surface area contributed by atoms with E-state index in [1.807, 2.05) is 0 Å². The Balaban J connectivity index is 2.51. The number of aliphatic hydroxyl groups is 1. The number of amides is 1. The zero-order valence-electron chi connectivity index (χ0n) is 9.49. The molecule has 1 amide bonds. The second-order valence-corrected chi connectivity index (χ2v) is 5.25. The van der Waals surface area contributed by atoms with Crippen LogP contribution in [0.4, 0.5) is 0 Å². The van der Waals surface area contributed by atoms with Crippen LogP contribution in [0.25, 0.3) is 0 Å². The van der Waals surface area contributed by atoms with Gasteiger partial charge in [-0.05, 0) is 12.8 Å². The number of nitrogens with zero attached hydrogens (tertiary/aromatic N) is 1. The molecule has 3 N–H and O–H groups in total. The number of aliphatic hydroxyl groups excluding tert-OH is 1. The smallest absolute Gasteiger partial charge is 0.395 e. The van der Waals surface area contributed by atoms with Crippen LogP contribution in [0.5, 0.6) is 0 Å². The summed E-state index contributed by atoms with van der Waals surface area (Å²) >= 11 is 0. The van der Waals surface area contributed by atoms with E-state index < -0.39 is 20.3 Å². The van der Waals surface area contributed by atoms with Crippen molar-refractivity contribution in [3.63, 3.8) is 0 Å². The molecule has 0 radical (unpaired) electrons. The Morgan fingerprint density at radius 3 is 2.41 bits per heavy atom. The molecule has 0 unspecified atom stereocenters. The van der Waals surface area contributed by atoms with E-state index in [2.05, 4.69) is 4.52 Å². The molecule has 100 valence electrons. The lowest BCUT2D eigenvalue weighted by Crippen LogP contribution is -2.42. The maximum absolute atomic E-state index is 11.7. The predicted octanol–water partition coefficient (Wildman–Crippen LogP) is -0.141. The number of hydrogen-bond donors (Lipinski definition) is 3. The number of carbonyl (C=O) groups is 1. The van der Waals surface area contributed by atoms with Crippen molar-refractivity contribution in [2.24, 2.45) is 0 Å². The molecule has 0 aromatic heterocycles. The van der Waals surface area contributed by atoms with Crippen LogP contribution in [0.1, 0.15) is 25.7 Å². The summed E-state index contributed by atoms with van der Waals surface area (Å²) < 4.78 is 14.7.